The maximum Gasteiger partial charge on any atom is 0.364 e. The summed E-state index contributed by atoms with van der Waals surface area (Å²) in [5, 5.41) is 284. The van der Waals surface area contributed by atoms with Gasteiger partial charge in [-0.05, 0) is 0 Å². The second-order valence-corrected chi connectivity index (χ2v) is 26.8. The highest BCUT2D eigenvalue weighted by Crippen LogP contribution is 2.43. The van der Waals surface area contributed by atoms with E-state index in [1.807, 2.05) is 0 Å². The maximum absolute atomic E-state index is 13.8. The fourth-order valence-corrected chi connectivity index (χ4v) is 13.6. The van der Waals surface area contributed by atoms with Gasteiger partial charge in [-0.1, -0.05) is 0 Å². The van der Waals surface area contributed by atoms with Gasteiger partial charge in [-0.25, -0.2) is 14.4 Å². The predicted octanol–water partition coefficient (Wildman–Crippen LogP) is -18.1. The number of nitrogens with one attached hydrogen (secondary N) is 4. The second-order valence-electron chi connectivity index (χ2n) is 26.8. The molecule has 0 aliphatic carbocycles. The number of amides is 4. The van der Waals surface area contributed by atoms with Crippen LogP contribution in [0.25, 0.3) is 0 Å². The smallest absolute Gasteiger partial charge is 0.364 e. The van der Waals surface area contributed by atoms with Crippen LogP contribution in [0.3, 0.4) is 0 Å². The standard InChI is InChI=1S/C59H96N4O45/c1-15(70)60-29-19(74)5-57(54(90)91,105-46(29)33(79)22(77)8-64)96-14-28-37(83)45(32(63-18(4)73)51(100-28)101-44-27(13-69)99-52(41(87)39(44)85)102-43-26(12-68)97-50(89)40(86)38(43)84)103-53-42(88)49(35(81)24(10-66)98-53)108-59(56(94)95)7-21(76)31(62-17(3)72)48(107-59)36(82)25(11-67)104-58(55(92)93)6-20(75)30(61-16(2)71)47(106-58)34(80)23(78)9-65/h19-53,64-69,74-89H,5-14H2,1-4H3,(H,60,70)(H,61,71)(H,62,72)(H,63,73)(H,90,91)(H,92,93)(H,94,95)/t19-,20-,21-,22+,23+,24+,25+,26+,27+,28+,29+,30+,31+,32+,33+,34+,35-,36+,37-,38+,39+,40+,41+,42+,43+,44-,45+,46+,47+,48+,49-,50+,51-,52-,53-,57+,58+,59-/m0/s1. The summed E-state index contributed by atoms with van der Waals surface area (Å²) in [5.74, 6) is -21.1. The SMILES string of the molecule is CC(=O)N[C@H]1[C@H](O[C@@H]2[C@H](O)[C@@H](O)[C@H](O[C@H]3[C@H](O)[C@@H](O)[C@H](O)O[C@@H]3CO)O[C@@H]2CO)O[C@H](CO[C@]2(C(=O)O)C[C@H](O)[C@@H](NC(C)=O)[C@H]([C@H](O)[C@H](O)CO)O2)[C@H](O)[C@@H]1O[C@@H]1O[C@H](CO)[C@H](O)[C@H](O[C@]2(C(=O)O)C[C@H](O)[C@@H](NC(C)=O)[C@H]([C@H](O)[C@@H](CO)O[C@]3(C(=O)O)C[C@H](O)[C@@H](NC(C)=O)[C@H]([C@H](O)[C@H](O)CO)O3)O2)[C@H]1O. The molecule has 29 N–H and O–H groups in total. The van der Waals surface area contributed by atoms with Gasteiger partial charge in [0.1, 0.15) is 153 Å². The van der Waals surface area contributed by atoms with Crippen molar-refractivity contribution < 1.29 is 223 Å². The summed E-state index contributed by atoms with van der Waals surface area (Å²) in [5.41, 5.74) is 0. The molecule has 49 heteroatoms. The average molecular weight is 1580 g/mol. The van der Waals surface area contributed by atoms with Crippen molar-refractivity contribution in [2.45, 2.75) is 278 Å². The van der Waals surface area contributed by atoms with Crippen molar-refractivity contribution in [3.05, 3.63) is 0 Å². The van der Waals surface area contributed by atoms with Crippen molar-refractivity contribution in [3.8, 4) is 0 Å². The van der Waals surface area contributed by atoms with Crippen molar-refractivity contribution in [2.75, 3.05) is 46.2 Å². The van der Waals surface area contributed by atoms with Crippen LogP contribution in [0.4, 0.5) is 0 Å². The van der Waals surface area contributed by atoms with Crippen LogP contribution < -0.4 is 21.3 Å². The lowest BCUT2D eigenvalue weighted by Crippen LogP contribution is -2.72. The van der Waals surface area contributed by atoms with Gasteiger partial charge in [0.2, 0.25) is 23.6 Å². The molecule has 0 aromatic carbocycles. The first-order valence-electron chi connectivity index (χ1n) is 33.5. The predicted molar refractivity (Wildman–Crippen MR) is 330 cm³/mol. The summed E-state index contributed by atoms with van der Waals surface area (Å²) in [7, 11) is 0. The third kappa shape index (κ3) is 19.6. The van der Waals surface area contributed by atoms with Crippen molar-refractivity contribution in [2.24, 2.45) is 0 Å². The molecule has 7 heterocycles. The monoisotopic (exact) mass is 1580 g/mol. The van der Waals surface area contributed by atoms with Gasteiger partial charge in [-0.15, -0.1) is 0 Å². The topological polar surface area (TPSA) is 793 Å². The molecule has 0 radical (unpaired) electrons. The second kappa shape index (κ2) is 37.7. The highest BCUT2D eigenvalue weighted by molar-refractivity contribution is 5.78. The van der Waals surface area contributed by atoms with Gasteiger partial charge in [-0.2, -0.15) is 0 Å². The molecule has 7 aliphatic rings. The summed E-state index contributed by atoms with van der Waals surface area (Å²) in [6, 6.07) is -7.91. The van der Waals surface area contributed by atoms with Gasteiger partial charge in [0, 0.05) is 47.0 Å². The lowest BCUT2D eigenvalue weighted by molar-refractivity contribution is -0.391. The Morgan fingerprint density at radius 3 is 1.22 bits per heavy atom. The third-order valence-electron chi connectivity index (χ3n) is 19.1. The molecule has 0 unspecified atom stereocenters. The van der Waals surface area contributed by atoms with E-state index in [1.54, 1.807) is 0 Å². The van der Waals surface area contributed by atoms with E-state index < -0.39 is 339 Å². The number of rotatable bonds is 32. The Balaban J connectivity index is 1.27. The van der Waals surface area contributed by atoms with Gasteiger partial charge in [0.15, 0.2) is 25.2 Å². The quantitative estimate of drug-likeness (QED) is 0.0297. The largest absolute Gasteiger partial charge is 0.477 e. The molecule has 0 aromatic rings. The molecule has 7 rings (SSSR count). The molecule has 622 valence electrons. The Kier molecular flexibility index (Phi) is 31.4. The third-order valence-corrected chi connectivity index (χ3v) is 19.1. The summed E-state index contributed by atoms with van der Waals surface area (Å²) < 4.78 is 74.9. The van der Waals surface area contributed by atoms with Crippen LogP contribution in [-0.2, 0) is 95.1 Å². The number of carboxylic acids is 3. The summed E-state index contributed by atoms with van der Waals surface area (Å²) >= 11 is 0. The number of carbonyl (C=O) groups excluding carboxylic acids is 4. The van der Waals surface area contributed by atoms with Gasteiger partial charge in [0.05, 0.1) is 82.7 Å². The Hall–Kier alpha value is -5.11. The van der Waals surface area contributed by atoms with E-state index in [4.69, 9.17) is 61.6 Å². The normalized spacial score (nSPS) is 43.4. The van der Waals surface area contributed by atoms with Gasteiger partial charge in [-0.3, -0.25) is 19.2 Å². The van der Waals surface area contributed by atoms with Gasteiger partial charge in [0.25, 0.3) is 17.4 Å². The molecule has 4 amide bonds. The Morgan fingerprint density at radius 1 is 0.398 bits per heavy atom. The highest BCUT2D eigenvalue weighted by Gasteiger charge is 2.65. The molecule has 7 fully saturated rings. The summed E-state index contributed by atoms with van der Waals surface area (Å²) in [6.45, 7) is -5.66. The van der Waals surface area contributed by atoms with Crippen LogP contribution >= 0.6 is 0 Å². The van der Waals surface area contributed by atoms with E-state index in [2.05, 4.69) is 21.3 Å². The summed E-state index contributed by atoms with van der Waals surface area (Å²) in [6.07, 6.45) is -75.9. The molecule has 108 heavy (non-hydrogen) atoms. The molecular formula is C59H96N4O45. The van der Waals surface area contributed by atoms with Crippen molar-refractivity contribution >= 4 is 41.5 Å². The van der Waals surface area contributed by atoms with Crippen molar-refractivity contribution in [1.29, 1.82) is 0 Å². The number of carbonyl (C=O) groups is 7. The first-order valence-corrected chi connectivity index (χ1v) is 33.5. The van der Waals surface area contributed by atoms with Crippen molar-refractivity contribution in [3.63, 3.8) is 0 Å². The minimum absolute atomic E-state index is 0.814. The lowest BCUT2D eigenvalue weighted by atomic mass is 9.87. The Morgan fingerprint density at radius 2 is 0.769 bits per heavy atom. The number of aliphatic hydroxyl groups excluding tert-OH is 22. The fourth-order valence-electron chi connectivity index (χ4n) is 13.6. The van der Waals surface area contributed by atoms with E-state index in [1.165, 1.54) is 0 Å². The maximum atomic E-state index is 13.8. The molecule has 0 spiro atoms. The number of aliphatic carboxylic acids is 3. The molecule has 49 nitrogen and oxygen atoms in total. The Bertz CT molecular complexity index is 3010. The van der Waals surface area contributed by atoms with E-state index in [0.717, 1.165) is 27.7 Å². The average Bonchev–Trinajstić information content (AvgIpc) is 0.753. The zero-order chi connectivity index (χ0) is 80.8. The number of ether oxygens (including phenoxy) is 13. The molecular weight excluding hydrogens is 1480 g/mol. The molecule has 0 aromatic heterocycles. The van der Waals surface area contributed by atoms with E-state index in [9.17, 15) is 161 Å². The molecule has 0 saturated carbocycles. The molecule has 38 atom stereocenters. The van der Waals surface area contributed by atoms with E-state index in [0.29, 0.717) is 0 Å². The van der Waals surface area contributed by atoms with E-state index >= 15 is 0 Å². The highest BCUT2D eigenvalue weighted by atomic mass is 16.8. The van der Waals surface area contributed by atoms with Crippen LogP contribution in [0.15, 0.2) is 0 Å². The number of carboxylic acid groups (broad SMARTS) is 3. The van der Waals surface area contributed by atoms with Gasteiger partial charge < -0.3 is 211 Å². The van der Waals surface area contributed by atoms with Crippen LogP contribution in [-0.4, -0.2) is 447 Å². The first kappa shape index (κ1) is 90.1. The van der Waals surface area contributed by atoms with Crippen LogP contribution in [0.1, 0.15) is 47.0 Å². The molecule has 0 bridgehead atoms. The first-order chi connectivity index (χ1) is 50.5. The number of aliphatic hydroxyl groups is 22. The fraction of sp³-hybridized carbons (Fsp3) is 0.881. The minimum Gasteiger partial charge on any atom is -0.477 e. The lowest BCUT2D eigenvalue weighted by Gasteiger charge is -2.52. The molecule has 7 aliphatic heterocycles. The van der Waals surface area contributed by atoms with Crippen LogP contribution in [0.5, 0.6) is 0 Å². The van der Waals surface area contributed by atoms with Crippen LogP contribution in [0.2, 0.25) is 0 Å². The Labute approximate surface area is 609 Å². The van der Waals surface area contributed by atoms with E-state index in [-0.39, 0.29) is 0 Å². The minimum atomic E-state index is -3.65. The zero-order valence-corrected chi connectivity index (χ0v) is 57.6. The zero-order valence-electron chi connectivity index (χ0n) is 57.6. The van der Waals surface area contributed by atoms with Crippen LogP contribution in [0, 0.1) is 0 Å². The van der Waals surface area contributed by atoms with Crippen molar-refractivity contribution in [1.82, 2.24) is 21.3 Å². The number of hydrogen-bond donors (Lipinski definition) is 29. The van der Waals surface area contributed by atoms with Gasteiger partial charge >= 0.3 is 17.9 Å². The molecule has 7 saturated heterocycles. The number of hydrogen-bond acceptors (Lipinski definition) is 42. The summed E-state index contributed by atoms with van der Waals surface area (Å²) in [4.78, 5) is 91.1.